The second kappa shape index (κ2) is 6.75. The highest BCUT2D eigenvalue weighted by molar-refractivity contribution is 9.09. The second-order valence-corrected chi connectivity index (χ2v) is 5.55. The number of nitrogens with zero attached hydrogens (tertiary/aromatic N) is 2. The predicted octanol–water partition coefficient (Wildman–Crippen LogP) is 2.61. The number of amides is 2. The zero-order chi connectivity index (χ0) is 16.2. The van der Waals surface area contributed by atoms with Crippen LogP contribution in [-0.4, -0.2) is 34.4 Å². The number of halogens is 1. The molecule has 0 saturated heterocycles. The van der Waals surface area contributed by atoms with Crippen molar-refractivity contribution in [2.45, 2.75) is 0 Å². The van der Waals surface area contributed by atoms with Crippen LogP contribution in [-0.2, 0) is 9.59 Å². The van der Waals surface area contributed by atoms with E-state index in [1.54, 1.807) is 0 Å². The number of carbonyl (C=O) groups is 2. The van der Waals surface area contributed by atoms with E-state index in [4.69, 9.17) is 0 Å². The highest BCUT2D eigenvalue weighted by Gasteiger charge is 2.23. The molecule has 5 nitrogen and oxygen atoms in total. The Kier molecular flexibility index (Phi) is 4.52. The number of para-hydroxylation sites is 1. The number of alkyl halides is 1. The van der Waals surface area contributed by atoms with Crippen LogP contribution in [0.4, 0.5) is 5.69 Å². The van der Waals surface area contributed by atoms with Gasteiger partial charge in [0, 0.05) is 11.1 Å². The molecule has 2 aromatic rings. The normalized spacial score (nSPS) is 14.2. The van der Waals surface area contributed by atoms with Crippen LogP contribution in [0, 0.1) is 0 Å². The van der Waals surface area contributed by atoms with Gasteiger partial charge < -0.3 is 5.32 Å². The Labute approximate surface area is 142 Å². The van der Waals surface area contributed by atoms with Crippen LogP contribution in [0.15, 0.2) is 59.7 Å². The van der Waals surface area contributed by atoms with E-state index in [-0.39, 0.29) is 23.7 Å². The fraction of sp³-hybridized carbons (Fsp3) is 0.118. The summed E-state index contributed by atoms with van der Waals surface area (Å²) in [5.41, 5.74) is 2.99. The first-order valence-electron chi connectivity index (χ1n) is 7.08. The van der Waals surface area contributed by atoms with Gasteiger partial charge in [0.25, 0.3) is 5.91 Å². The largest absolute Gasteiger partial charge is 0.324 e. The SMILES string of the molecule is O=C1CN(C(=O)CBr)N=C(c2ccccc2)c2ccccc2N1. The van der Waals surface area contributed by atoms with Crippen molar-refractivity contribution in [3.63, 3.8) is 0 Å². The average molecular weight is 372 g/mol. The van der Waals surface area contributed by atoms with E-state index in [9.17, 15) is 9.59 Å². The van der Waals surface area contributed by atoms with Crippen molar-refractivity contribution in [2.75, 3.05) is 17.2 Å². The molecule has 2 aromatic carbocycles. The Bertz CT molecular complexity index is 774. The molecule has 2 amide bonds. The van der Waals surface area contributed by atoms with Crippen LogP contribution in [0.2, 0.25) is 0 Å². The van der Waals surface area contributed by atoms with Gasteiger partial charge in [-0.25, -0.2) is 5.01 Å². The average Bonchev–Trinajstić information content (AvgIpc) is 2.57. The number of carbonyl (C=O) groups excluding carboxylic acids is 2. The number of anilines is 1. The van der Waals surface area contributed by atoms with Crippen molar-refractivity contribution in [1.29, 1.82) is 0 Å². The maximum absolute atomic E-state index is 12.1. The van der Waals surface area contributed by atoms with E-state index >= 15 is 0 Å². The summed E-state index contributed by atoms with van der Waals surface area (Å²) >= 11 is 3.13. The lowest BCUT2D eigenvalue weighted by molar-refractivity contribution is -0.132. The van der Waals surface area contributed by atoms with Crippen molar-refractivity contribution in [3.8, 4) is 0 Å². The fourth-order valence-corrected chi connectivity index (χ4v) is 2.65. The maximum atomic E-state index is 12.1. The van der Waals surface area contributed by atoms with Gasteiger partial charge in [-0.2, -0.15) is 5.10 Å². The van der Waals surface area contributed by atoms with Gasteiger partial charge in [-0.15, -0.1) is 0 Å². The predicted molar refractivity (Wildman–Crippen MR) is 92.7 cm³/mol. The highest BCUT2D eigenvalue weighted by atomic mass is 79.9. The molecule has 3 rings (SSSR count). The lowest BCUT2D eigenvalue weighted by Gasteiger charge is -2.23. The Morgan fingerprint density at radius 2 is 1.83 bits per heavy atom. The van der Waals surface area contributed by atoms with Crippen molar-refractivity contribution < 1.29 is 9.59 Å². The van der Waals surface area contributed by atoms with Gasteiger partial charge in [0.1, 0.15) is 12.3 Å². The van der Waals surface area contributed by atoms with Crippen LogP contribution in [0.25, 0.3) is 0 Å². The zero-order valence-corrected chi connectivity index (χ0v) is 13.8. The molecule has 1 heterocycles. The topological polar surface area (TPSA) is 61.8 Å². The molecule has 0 spiro atoms. The van der Waals surface area contributed by atoms with Gasteiger partial charge in [-0.3, -0.25) is 9.59 Å². The van der Waals surface area contributed by atoms with Crippen molar-refractivity contribution in [1.82, 2.24) is 5.01 Å². The molecule has 0 unspecified atom stereocenters. The molecule has 23 heavy (non-hydrogen) atoms. The summed E-state index contributed by atoms with van der Waals surface area (Å²) in [7, 11) is 0. The minimum absolute atomic E-state index is 0.105. The number of fused-ring (bicyclic) bond motifs is 1. The van der Waals surface area contributed by atoms with Crippen molar-refractivity contribution in [3.05, 3.63) is 65.7 Å². The van der Waals surface area contributed by atoms with Gasteiger partial charge in [0.05, 0.1) is 11.0 Å². The molecule has 0 aliphatic carbocycles. The van der Waals surface area contributed by atoms with E-state index in [1.165, 1.54) is 5.01 Å². The Balaban J connectivity index is 2.19. The lowest BCUT2D eigenvalue weighted by atomic mass is 10.0. The van der Waals surface area contributed by atoms with E-state index in [2.05, 4.69) is 26.3 Å². The van der Waals surface area contributed by atoms with E-state index in [0.717, 1.165) is 11.1 Å². The Morgan fingerprint density at radius 1 is 1.13 bits per heavy atom. The number of hydrogen-bond acceptors (Lipinski definition) is 3. The maximum Gasteiger partial charge on any atom is 0.253 e. The van der Waals surface area contributed by atoms with Gasteiger partial charge in [-0.1, -0.05) is 64.5 Å². The number of hydrogen-bond donors (Lipinski definition) is 1. The summed E-state index contributed by atoms with van der Waals surface area (Å²) in [6, 6.07) is 17.0. The summed E-state index contributed by atoms with van der Waals surface area (Å²) in [5.74, 6) is -0.546. The van der Waals surface area contributed by atoms with Crippen LogP contribution in [0.1, 0.15) is 11.1 Å². The summed E-state index contributed by atoms with van der Waals surface area (Å²) in [4.78, 5) is 24.1. The lowest BCUT2D eigenvalue weighted by Crippen LogP contribution is -2.37. The second-order valence-electron chi connectivity index (χ2n) is 4.99. The molecule has 1 aliphatic heterocycles. The first kappa shape index (κ1) is 15.4. The Morgan fingerprint density at radius 3 is 2.57 bits per heavy atom. The minimum Gasteiger partial charge on any atom is -0.324 e. The molecule has 0 fully saturated rings. The third-order valence-corrected chi connectivity index (χ3v) is 3.90. The summed E-state index contributed by atoms with van der Waals surface area (Å²) in [6.45, 7) is -0.116. The molecule has 0 saturated carbocycles. The molecule has 6 heteroatoms. The molecular weight excluding hydrogens is 358 g/mol. The first-order chi connectivity index (χ1) is 11.2. The van der Waals surface area contributed by atoms with Crippen LogP contribution < -0.4 is 5.32 Å². The molecule has 0 radical (unpaired) electrons. The standard InChI is InChI=1S/C17H14BrN3O2/c18-10-16(23)21-11-15(22)19-14-9-5-4-8-13(14)17(20-21)12-6-2-1-3-7-12/h1-9H,10-11H2,(H,19,22). The van der Waals surface area contributed by atoms with E-state index in [0.29, 0.717) is 11.4 Å². The van der Waals surface area contributed by atoms with Crippen molar-refractivity contribution in [2.24, 2.45) is 5.10 Å². The fourth-order valence-electron chi connectivity index (χ4n) is 2.36. The molecule has 116 valence electrons. The van der Waals surface area contributed by atoms with Crippen LogP contribution >= 0.6 is 15.9 Å². The van der Waals surface area contributed by atoms with E-state index in [1.807, 2.05) is 54.6 Å². The van der Waals surface area contributed by atoms with Gasteiger partial charge in [-0.05, 0) is 6.07 Å². The number of rotatable bonds is 2. The highest BCUT2D eigenvalue weighted by Crippen LogP contribution is 2.22. The minimum atomic E-state index is -0.275. The van der Waals surface area contributed by atoms with Crippen LogP contribution in [0.3, 0.4) is 0 Å². The zero-order valence-electron chi connectivity index (χ0n) is 12.2. The third kappa shape index (κ3) is 3.32. The molecule has 1 aliphatic rings. The van der Waals surface area contributed by atoms with E-state index < -0.39 is 0 Å². The Hall–Kier alpha value is -2.47. The molecular formula is C17H14BrN3O2. The van der Waals surface area contributed by atoms with Crippen LogP contribution in [0.5, 0.6) is 0 Å². The van der Waals surface area contributed by atoms with Gasteiger partial charge in [0.15, 0.2) is 0 Å². The van der Waals surface area contributed by atoms with Gasteiger partial charge >= 0.3 is 0 Å². The van der Waals surface area contributed by atoms with Gasteiger partial charge in [0.2, 0.25) is 5.91 Å². The summed E-state index contributed by atoms with van der Waals surface area (Å²) in [5, 5.41) is 8.62. The molecule has 0 aromatic heterocycles. The summed E-state index contributed by atoms with van der Waals surface area (Å²) < 4.78 is 0. The monoisotopic (exact) mass is 371 g/mol. The number of nitrogens with one attached hydrogen (secondary N) is 1. The smallest absolute Gasteiger partial charge is 0.253 e. The summed E-state index contributed by atoms with van der Waals surface area (Å²) in [6.07, 6.45) is 0. The molecule has 1 N–H and O–H groups in total. The number of hydrazone groups is 1. The number of benzene rings is 2. The molecule has 0 atom stereocenters. The van der Waals surface area contributed by atoms with Crippen molar-refractivity contribution >= 4 is 39.1 Å². The third-order valence-electron chi connectivity index (χ3n) is 3.42. The molecule has 0 bridgehead atoms. The quantitative estimate of drug-likeness (QED) is 0.824. The first-order valence-corrected chi connectivity index (χ1v) is 8.21.